The Balaban J connectivity index is 2.48. The Hall–Kier alpha value is -0.610. The molecule has 0 aromatic heterocycles. The molecule has 0 radical (unpaired) electrons. The van der Waals surface area contributed by atoms with Crippen molar-refractivity contribution >= 4 is 5.97 Å². The maximum absolute atomic E-state index is 11.6. The second-order valence-electron chi connectivity index (χ2n) is 5.05. The van der Waals surface area contributed by atoms with Crippen LogP contribution in [0.1, 0.15) is 34.6 Å². The maximum Gasteiger partial charge on any atom is 0.326 e. The number of carbonyl (C=O) groups excluding carboxylic acids is 1. The second-order valence-corrected chi connectivity index (χ2v) is 5.05. The van der Waals surface area contributed by atoms with Gasteiger partial charge in [-0.3, -0.25) is 10.1 Å². The predicted octanol–water partition coefficient (Wildman–Crippen LogP) is 1.05. The first-order valence-corrected chi connectivity index (χ1v) is 4.84. The fourth-order valence-electron chi connectivity index (χ4n) is 1.29. The van der Waals surface area contributed by atoms with E-state index in [1.165, 1.54) is 0 Å². The zero-order valence-electron chi connectivity index (χ0n) is 9.51. The van der Waals surface area contributed by atoms with Crippen LogP contribution in [-0.4, -0.2) is 29.9 Å². The Morgan fingerprint density at radius 3 is 2.43 bits per heavy atom. The molecule has 1 saturated heterocycles. The van der Waals surface area contributed by atoms with E-state index in [1.807, 2.05) is 34.6 Å². The van der Waals surface area contributed by atoms with Gasteiger partial charge in [-0.1, -0.05) is 0 Å². The Bertz CT molecular complexity index is 230. The zero-order chi connectivity index (χ0) is 11.0. The molecule has 1 N–H and O–H groups in total. The van der Waals surface area contributed by atoms with Crippen molar-refractivity contribution in [3.05, 3.63) is 0 Å². The lowest BCUT2D eigenvalue weighted by atomic mass is 10.2. The standard InChI is InChI=1S/C10H19NO3/c1-9(2,3)14-8(12)7-6-13-10(4,5)11-7/h7,11H,6H2,1-5H3/t7-/m1/s1. The number of ether oxygens (including phenoxy) is 2. The Morgan fingerprint density at radius 2 is 2.07 bits per heavy atom. The van der Waals surface area contributed by atoms with Crippen molar-refractivity contribution in [2.45, 2.75) is 52.0 Å². The van der Waals surface area contributed by atoms with Gasteiger partial charge in [0.2, 0.25) is 0 Å². The van der Waals surface area contributed by atoms with Crippen LogP contribution in [0, 0.1) is 0 Å². The quantitative estimate of drug-likeness (QED) is 0.644. The lowest BCUT2D eigenvalue weighted by Gasteiger charge is -2.22. The van der Waals surface area contributed by atoms with Crippen molar-refractivity contribution < 1.29 is 14.3 Å². The number of hydrogen-bond acceptors (Lipinski definition) is 4. The van der Waals surface area contributed by atoms with Crippen molar-refractivity contribution in [1.29, 1.82) is 0 Å². The molecule has 14 heavy (non-hydrogen) atoms. The summed E-state index contributed by atoms with van der Waals surface area (Å²) >= 11 is 0. The first-order valence-electron chi connectivity index (χ1n) is 4.84. The molecular weight excluding hydrogens is 182 g/mol. The van der Waals surface area contributed by atoms with E-state index in [9.17, 15) is 4.79 Å². The lowest BCUT2D eigenvalue weighted by molar-refractivity contribution is -0.157. The molecule has 0 aromatic rings. The minimum Gasteiger partial charge on any atom is -0.459 e. The van der Waals surface area contributed by atoms with Gasteiger partial charge in [-0.25, -0.2) is 0 Å². The third-order valence-corrected chi connectivity index (χ3v) is 1.82. The summed E-state index contributed by atoms with van der Waals surface area (Å²) in [5.74, 6) is -0.247. The molecule has 0 bridgehead atoms. The molecule has 0 spiro atoms. The molecule has 4 heteroatoms. The third kappa shape index (κ3) is 3.27. The Labute approximate surface area is 85.0 Å². The van der Waals surface area contributed by atoms with Gasteiger partial charge in [-0.2, -0.15) is 0 Å². The topological polar surface area (TPSA) is 47.6 Å². The van der Waals surface area contributed by atoms with E-state index in [0.717, 1.165) is 0 Å². The molecule has 0 aromatic carbocycles. The van der Waals surface area contributed by atoms with Gasteiger partial charge in [-0.05, 0) is 34.6 Å². The van der Waals surface area contributed by atoms with Crippen molar-refractivity contribution in [3.8, 4) is 0 Å². The summed E-state index contributed by atoms with van der Waals surface area (Å²) in [6.45, 7) is 9.71. The Kier molecular flexibility index (Phi) is 2.88. The maximum atomic E-state index is 11.6. The van der Waals surface area contributed by atoms with E-state index in [4.69, 9.17) is 9.47 Å². The van der Waals surface area contributed by atoms with Crippen LogP contribution >= 0.6 is 0 Å². The smallest absolute Gasteiger partial charge is 0.326 e. The van der Waals surface area contributed by atoms with Gasteiger partial charge in [0.1, 0.15) is 17.4 Å². The molecular formula is C10H19NO3. The van der Waals surface area contributed by atoms with Crippen molar-refractivity contribution in [1.82, 2.24) is 5.32 Å². The first-order chi connectivity index (χ1) is 6.20. The van der Waals surface area contributed by atoms with Gasteiger partial charge >= 0.3 is 5.97 Å². The van der Waals surface area contributed by atoms with Crippen molar-refractivity contribution in [3.63, 3.8) is 0 Å². The van der Waals surface area contributed by atoms with Crippen LogP contribution in [0.25, 0.3) is 0 Å². The molecule has 0 unspecified atom stereocenters. The number of carbonyl (C=O) groups is 1. The molecule has 1 rings (SSSR count). The molecule has 0 amide bonds. The molecule has 1 aliphatic heterocycles. The van der Waals surface area contributed by atoms with Crippen LogP contribution in [0.2, 0.25) is 0 Å². The fraction of sp³-hybridized carbons (Fsp3) is 0.900. The number of nitrogens with one attached hydrogen (secondary N) is 1. The van der Waals surface area contributed by atoms with Crippen LogP contribution in [-0.2, 0) is 14.3 Å². The molecule has 4 nitrogen and oxygen atoms in total. The summed E-state index contributed by atoms with van der Waals surface area (Å²) < 4.78 is 10.6. The van der Waals surface area contributed by atoms with Gasteiger partial charge in [0.15, 0.2) is 0 Å². The highest BCUT2D eigenvalue weighted by Gasteiger charge is 2.37. The predicted molar refractivity (Wildman–Crippen MR) is 52.8 cm³/mol. The first kappa shape index (κ1) is 11.5. The summed E-state index contributed by atoms with van der Waals surface area (Å²) in [6, 6.07) is -0.343. The number of esters is 1. The molecule has 0 aliphatic carbocycles. The molecule has 1 atom stereocenters. The number of rotatable bonds is 1. The normalized spacial score (nSPS) is 26.2. The van der Waals surface area contributed by atoms with E-state index in [0.29, 0.717) is 6.61 Å². The molecule has 1 aliphatic rings. The highest BCUT2D eigenvalue weighted by Crippen LogP contribution is 2.17. The summed E-state index contributed by atoms with van der Waals surface area (Å²) in [5, 5.41) is 3.06. The van der Waals surface area contributed by atoms with Crippen molar-refractivity contribution in [2.24, 2.45) is 0 Å². The highest BCUT2D eigenvalue weighted by atomic mass is 16.6. The van der Waals surface area contributed by atoms with Gasteiger partial charge in [0.05, 0.1) is 6.61 Å². The van der Waals surface area contributed by atoms with Gasteiger partial charge < -0.3 is 9.47 Å². The van der Waals surface area contributed by atoms with Crippen LogP contribution in [0.3, 0.4) is 0 Å². The van der Waals surface area contributed by atoms with E-state index < -0.39 is 11.3 Å². The van der Waals surface area contributed by atoms with E-state index in [-0.39, 0.29) is 12.0 Å². The van der Waals surface area contributed by atoms with Gasteiger partial charge in [0.25, 0.3) is 0 Å². The summed E-state index contributed by atoms with van der Waals surface area (Å²) in [6.07, 6.45) is 0. The average Bonchev–Trinajstić information content (AvgIpc) is 2.26. The van der Waals surface area contributed by atoms with Gasteiger partial charge in [0, 0.05) is 0 Å². The monoisotopic (exact) mass is 201 g/mol. The van der Waals surface area contributed by atoms with E-state index in [1.54, 1.807) is 0 Å². The minimum atomic E-state index is -0.439. The fourth-order valence-corrected chi connectivity index (χ4v) is 1.29. The molecule has 0 saturated carbocycles. The highest BCUT2D eigenvalue weighted by molar-refractivity contribution is 5.76. The molecule has 82 valence electrons. The summed E-state index contributed by atoms with van der Waals surface area (Å²) in [7, 11) is 0. The molecule has 1 fully saturated rings. The van der Waals surface area contributed by atoms with Crippen LogP contribution < -0.4 is 5.32 Å². The lowest BCUT2D eigenvalue weighted by Crippen LogP contribution is -2.44. The van der Waals surface area contributed by atoms with Crippen molar-refractivity contribution in [2.75, 3.05) is 6.61 Å². The Morgan fingerprint density at radius 1 is 1.50 bits per heavy atom. The summed E-state index contributed by atoms with van der Waals surface area (Å²) in [5.41, 5.74) is -0.868. The van der Waals surface area contributed by atoms with E-state index in [2.05, 4.69) is 5.32 Å². The zero-order valence-corrected chi connectivity index (χ0v) is 9.51. The molecule has 1 heterocycles. The summed E-state index contributed by atoms with van der Waals surface area (Å²) in [4.78, 5) is 11.6. The van der Waals surface area contributed by atoms with E-state index >= 15 is 0 Å². The number of hydrogen-bond donors (Lipinski definition) is 1. The van der Waals surface area contributed by atoms with Crippen LogP contribution in [0.5, 0.6) is 0 Å². The second kappa shape index (κ2) is 3.51. The largest absolute Gasteiger partial charge is 0.459 e. The minimum absolute atomic E-state index is 0.247. The van der Waals surface area contributed by atoms with Crippen LogP contribution in [0.15, 0.2) is 0 Å². The van der Waals surface area contributed by atoms with Crippen LogP contribution in [0.4, 0.5) is 0 Å². The van der Waals surface area contributed by atoms with Gasteiger partial charge in [-0.15, -0.1) is 0 Å². The SMILES string of the molecule is CC(C)(C)OC(=O)[C@H]1COC(C)(C)N1. The third-order valence-electron chi connectivity index (χ3n) is 1.82. The average molecular weight is 201 g/mol.